The van der Waals surface area contributed by atoms with Crippen molar-refractivity contribution in [2.24, 2.45) is 5.92 Å². The Morgan fingerprint density at radius 1 is 1.17 bits per heavy atom. The van der Waals surface area contributed by atoms with Crippen molar-refractivity contribution in [1.29, 1.82) is 0 Å². The summed E-state index contributed by atoms with van der Waals surface area (Å²) in [6, 6.07) is 8.87. The fraction of sp³-hybridized carbons (Fsp3) is 0.440. The van der Waals surface area contributed by atoms with Crippen molar-refractivity contribution < 1.29 is 22.0 Å². The first-order chi connectivity index (χ1) is 16.6. The summed E-state index contributed by atoms with van der Waals surface area (Å²) in [6.07, 6.45) is 3.10. The molecule has 0 bridgehead atoms. The zero-order valence-corrected chi connectivity index (χ0v) is 20.6. The van der Waals surface area contributed by atoms with Gasteiger partial charge in [-0.2, -0.15) is 0 Å². The molecule has 2 aromatic heterocycles. The Balaban J connectivity index is 1.51. The van der Waals surface area contributed by atoms with Crippen LogP contribution in [-0.2, 0) is 14.8 Å². The minimum Gasteiger partial charge on any atom is -0.346 e. The summed E-state index contributed by atoms with van der Waals surface area (Å²) in [5.41, 5.74) is 3.53. The van der Waals surface area contributed by atoms with Crippen LogP contribution < -0.4 is 10.0 Å². The molecule has 1 fully saturated rings. The van der Waals surface area contributed by atoms with Crippen LogP contribution in [0.5, 0.6) is 0 Å². The van der Waals surface area contributed by atoms with E-state index >= 15 is 0 Å². The largest absolute Gasteiger partial charge is 0.346 e. The maximum atomic E-state index is 13.7. The molecule has 0 unspecified atom stereocenters. The number of hydrogen-bond acceptors (Lipinski definition) is 4. The summed E-state index contributed by atoms with van der Waals surface area (Å²) < 4.78 is 54.7. The van der Waals surface area contributed by atoms with E-state index in [2.05, 4.69) is 20.0 Å². The number of anilines is 2. The molecule has 188 valence electrons. The molecule has 0 radical (unpaired) electrons. The van der Waals surface area contributed by atoms with Gasteiger partial charge in [0.25, 0.3) is 0 Å². The molecule has 1 aromatic carbocycles. The van der Waals surface area contributed by atoms with Crippen LogP contribution in [0.4, 0.5) is 20.3 Å². The van der Waals surface area contributed by atoms with Crippen LogP contribution in [0, 0.1) is 12.8 Å². The number of aromatic nitrogens is 2. The van der Waals surface area contributed by atoms with Crippen LogP contribution in [0.2, 0.25) is 0 Å². The van der Waals surface area contributed by atoms with Gasteiger partial charge in [-0.25, -0.2) is 22.2 Å². The molecule has 3 N–H and O–H groups in total. The molecule has 0 aliphatic heterocycles. The highest BCUT2D eigenvalue weighted by Crippen LogP contribution is 2.35. The van der Waals surface area contributed by atoms with Crippen molar-refractivity contribution in [3.8, 4) is 11.1 Å². The lowest BCUT2D eigenvalue weighted by Crippen LogP contribution is -2.21. The molecule has 0 saturated heterocycles. The van der Waals surface area contributed by atoms with Gasteiger partial charge < -0.3 is 10.3 Å². The zero-order valence-electron chi connectivity index (χ0n) is 19.8. The van der Waals surface area contributed by atoms with E-state index in [9.17, 15) is 22.0 Å². The number of aromatic amines is 1. The molecular formula is C25H30F2N4O3S. The Labute approximate surface area is 203 Å². The van der Waals surface area contributed by atoms with Crippen molar-refractivity contribution in [2.45, 2.75) is 58.3 Å². The smallest absolute Gasteiger partial charge is 0.248 e. The number of rotatable bonds is 11. The summed E-state index contributed by atoms with van der Waals surface area (Å²) in [5.74, 6) is -2.75. The van der Waals surface area contributed by atoms with Gasteiger partial charge in [0.05, 0.1) is 5.75 Å². The number of carbonyl (C=O) groups excluding carboxylic acids is 1. The van der Waals surface area contributed by atoms with Gasteiger partial charge in [-0.1, -0.05) is 19.4 Å². The van der Waals surface area contributed by atoms with E-state index in [1.807, 2.05) is 19.1 Å². The summed E-state index contributed by atoms with van der Waals surface area (Å²) in [7, 11) is -3.76. The van der Waals surface area contributed by atoms with Crippen molar-refractivity contribution in [3.63, 3.8) is 0 Å². The normalized spacial score (nSPS) is 14.3. The van der Waals surface area contributed by atoms with Crippen LogP contribution >= 0.6 is 0 Å². The molecular weight excluding hydrogens is 474 g/mol. The lowest BCUT2D eigenvalue weighted by atomic mass is 9.98. The highest BCUT2D eigenvalue weighted by atomic mass is 32.2. The molecule has 0 spiro atoms. The Bertz CT molecular complexity index is 1330. The number of sulfonamides is 1. The molecule has 1 saturated carbocycles. The number of aryl methyl sites for hydroxylation is 1. The number of nitrogens with one attached hydrogen (secondary N) is 3. The van der Waals surface area contributed by atoms with E-state index < -0.39 is 22.4 Å². The lowest BCUT2D eigenvalue weighted by molar-refractivity contribution is -0.117. The fourth-order valence-electron chi connectivity index (χ4n) is 4.17. The first-order valence-corrected chi connectivity index (χ1v) is 13.5. The molecule has 1 aliphatic rings. The predicted molar refractivity (Wildman–Crippen MR) is 134 cm³/mol. The van der Waals surface area contributed by atoms with Gasteiger partial charge >= 0.3 is 0 Å². The van der Waals surface area contributed by atoms with Crippen LogP contribution in [0.1, 0.15) is 51.0 Å². The molecule has 35 heavy (non-hydrogen) atoms. The molecule has 3 aromatic rings. The highest BCUT2D eigenvalue weighted by Gasteiger charge is 2.30. The lowest BCUT2D eigenvalue weighted by Gasteiger charge is -2.16. The molecule has 1 aliphatic carbocycles. The van der Waals surface area contributed by atoms with Gasteiger partial charge in [0.2, 0.25) is 21.9 Å². The van der Waals surface area contributed by atoms with E-state index in [-0.39, 0.29) is 30.4 Å². The van der Waals surface area contributed by atoms with E-state index in [0.29, 0.717) is 23.6 Å². The number of carbonyl (C=O) groups is 1. The van der Waals surface area contributed by atoms with Gasteiger partial charge in [-0.05, 0) is 67.1 Å². The number of fused-ring (bicyclic) bond motifs is 1. The van der Waals surface area contributed by atoms with E-state index in [1.54, 1.807) is 31.3 Å². The quantitative estimate of drug-likeness (QED) is 0.305. The van der Waals surface area contributed by atoms with Crippen LogP contribution in [0.25, 0.3) is 22.2 Å². The minimum absolute atomic E-state index is 0.0386. The summed E-state index contributed by atoms with van der Waals surface area (Å²) in [5, 5.41) is 3.75. The molecule has 4 rings (SSSR count). The average molecular weight is 505 g/mol. The summed E-state index contributed by atoms with van der Waals surface area (Å²) in [6.45, 7) is 3.54. The second kappa shape index (κ2) is 9.93. The van der Waals surface area contributed by atoms with Crippen LogP contribution in [-0.4, -0.2) is 36.0 Å². The maximum Gasteiger partial charge on any atom is 0.248 e. The van der Waals surface area contributed by atoms with Crippen LogP contribution in [0.3, 0.4) is 0 Å². The highest BCUT2D eigenvalue weighted by molar-refractivity contribution is 7.92. The average Bonchev–Trinajstić information content (AvgIpc) is 3.51. The third-order valence-electron chi connectivity index (χ3n) is 6.09. The van der Waals surface area contributed by atoms with Crippen molar-refractivity contribution in [3.05, 3.63) is 42.1 Å². The number of amides is 1. The van der Waals surface area contributed by atoms with Crippen molar-refractivity contribution >= 4 is 38.5 Å². The van der Waals surface area contributed by atoms with Gasteiger partial charge in [0.1, 0.15) is 11.5 Å². The number of halogens is 2. The predicted octanol–water partition coefficient (Wildman–Crippen LogP) is 5.84. The molecule has 1 amide bonds. The Hall–Kier alpha value is -3.01. The van der Waals surface area contributed by atoms with Crippen LogP contribution in [0.15, 0.2) is 36.5 Å². The standard InChI is InChI=1S/C25H30F2N4O3S/c1-3-10-25(26,27)11-4-13-35(33,34)31-18-7-8-19(16(2)14-18)21-15-22(30-24(32)17-5-6-17)29-23-20(21)9-12-28-23/h7-9,12,14-15,17,31H,3-6,10-11,13H2,1-2H3,(H2,28,29,30,32). The molecule has 7 nitrogen and oxygen atoms in total. The van der Waals surface area contributed by atoms with E-state index in [0.717, 1.165) is 34.9 Å². The topological polar surface area (TPSA) is 104 Å². The number of nitrogens with zero attached hydrogens (tertiary/aromatic N) is 1. The van der Waals surface area contributed by atoms with Gasteiger partial charge in [-0.3, -0.25) is 9.52 Å². The molecule has 2 heterocycles. The monoisotopic (exact) mass is 504 g/mol. The number of pyridine rings is 1. The van der Waals surface area contributed by atoms with E-state index in [1.165, 1.54) is 0 Å². The zero-order chi connectivity index (χ0) is 25.2. The van der Waals surface area contributed by atoms with Gasteiger partial charge in [0.15, 0.2) is 0 Å². The third kappa shape index (κ3) is 6.36. The Morgan fingerprint density at radius 3 is 2.63 bits per heavy atom. The summed E-state index contributed by atoms with van der Waals surface area (Å²) >= 11 is 0. The Morgan fingerprint density at radius 2 is 1.94 bits per heavy atom. The van der Waals surface area contributed by atoms with Crippen molar-refractivity contribution in [1.82, 2.24) is 9.97 Å². The second-order valence-corrected chi connectivity index (χ2v) is 11.1. The number of hydrogen-bond donors (Lipinski definition) is 3. The fourth-order valence-corrected chi connectivity index (χ4v) is 5.28. The second-order valence-electron chi connectivity index (χ2n) is 9.22. The number of alkyl halides is 2. The summed E-state index contributed by atoms with van der Waals surface area (Å²) in [4.78, 5) is 19.8. The van der Waals surface area contributed by atoms with E-state index in [4.69, 9.17) is 0 Å². The van der Waals surface area contributed by atoms with Gasteiger partial charge in [0, 0.05) is 36.0 Å². The SMILES string of the molecule is CCCC(F)(F)CCCS(=O)(=O)Nc1ccc(-c2cc(NC(=O)C3CC3)nc3[nH]ccc23)c(C)c1. The van der Waals surface area contributed by atoms with Crippen molar-refractivity contribution in [2.75, 3.05) is 15.8 Å². The number of benzene rings is 1. The molecule has 10 heteroatoms. The third-order valence-corrected chi connectivity index (χ3v) is 7.46. The number of H-pyrrole nitrogens is 1. The first-order valence-electron chi connectivity index (χ1n) is 11.9. The Kier molecular flexibility index (Phi) is 7.12. The van der Waals surface area contributed by atoms with Gasteiger partial charge in [-0.15, -0.1) is 0 Å². The minimum atomic E-state index is -3.76. The molecule has 0 atom stereocenters. The first kappa shape index (κ1) is 25.1. The maximum absolute atomic E-state index is 13.7.